The number of piperidine rings is 1. The molecule has 0 saturated carbocycles. The monoisotopic (exact) mass is 340 g/mol. The molecule has 1 fully saturated rings. The van der Waals surface area contributed by atoms with Crippen LogP contribution in [0.1, 0.15) is 43.6 Å². The highest BCUT2D eigenvalue weighted by Gasteiger charge is 2.23. The van der Waals surface area contributed by atoms with Crippen molar-refractivity contribution in [2.24, 2.45) is 5.92 Å². The van der Waals surface area contributed by atoms with Crippen LogP contribution in [-0.4, -0.2) is 46.2 Å². The standard InChI is InChI=1S/C21H32N4/c1-17(2)12-19-13-20(23-22-19)15-25-11-7-10-21(16-25)24(3)14-18-8-5-4-6-9-18/h4-6,8-9,13,17,21H,7,10-12,14-16H2,1-3H3,(H,22,23)/t21-/m0/s1. The van der Waals surface area contributed by atoms with Gasteiger partial charge >= 0.3 is 0 Å². The van der Waals surface area contributed by atoms with Crippen LogP contribution in [0.4, 0.5) is 0 Å². The van der Waals surface area contributed by atoms with Crippen molar-refractivity contribution in [2.75, 3.05) is 20.1 Å². The van der Waals surface area contributed by atoms with E-state index in [9.17, 15) is 0 Å². The average Bonchev–Trinajstić information content (AvgIpc) is 3.02. The second-order valence-electron chi connectivity index (χ2n) is 7.91. The van der Waals surface area contributed by atoms with Crippen LogP contribution in [0.25, 0.3) is 0 Å². The minimum absolute atomic E-state index is 0.631. The highest BCUT2D eigenvalue weighted by molar-refractivity contribution is 5.14. The maximum Gasteiger partial charge on any atom is 0.0628 e. The summed E-state index contributed by atoms with van der Waals surface area (Å²) in [5.41, 5.74) is 3.84. The summed E-state index contributed by atoms with van der Waals surface area (Å²) in [4.78, 5) is 5.08. The summed E-state index contributed by atoms with van der Waals surface area (Å²) < 4.78 is 0. The van der Waals surface area contributed by atoms with Crippen molar-refractivity contribution in [3.8, 4) is 0 Å². The Hall–Kier alpha value is -1.65. The molecule has 1 aromatic heterocycles. The predicted octanol–water partition coefficient (Wildman–Crippen LogP) is 3.70. The molecule has 1 aliphatic rings. The highest BCUT2D eigenvalue weighted by Crippen LogP contribution is 2.19. The molecule has 1 aliphatic heterocycles. The second kappa shape index (κ2) is 8.63. The predicted molar refractivity (Wildman–Crippen MR) is 103 cm³/mol. The van der Waals surface area contributed by atoms with Gasteiger partial charge in [0.15, 0.2) is 0 Å². The number of likely N-dealkylation sites (N-methyl/N-ethyl adjacent to an activating group) is 1. The van der Waals surface area contributed by atoms with E-state index in [-0.39, 0.29) is 0 Å². The van der Waals surface area contributed by atoms with E-state index in [1.54, 1.807) is 0 Å². The molecule has 0 spiro atoms. The number of hydrogen-bond acceptors (Lipinski definition) is 3. The van der Waals surface area contributed by atoms with Gasteiger partial charge in [-0.3, -0.25) is 14.9 Å². The zero-order valence-electron chi connectivity index (χ0n) is 15.9. The maximum absolute atomic E-state index is 4.47. The lowest BCUT2D eigenvalue weighted by atomic mass is 10.0. The van der Waals surface area contributed by atoms with Gasteiger partial charge in [0.05, 0.1) is 5.69 Å². The van der Waals surface area contributed by atoms with Crippen molar-refractivity contribution in [2.45, 2.75) is 52.2 Å². The largest absolute Gasteiger partial charge is 0.298 e. The Kier molecular flexibility index (Phi) is 6.27. The molecule has 0 radical (unpaired) electrons. The van der Waals surface area contributed by atoms with Gasteiger partial charge in [-0.15, -0.1) is 0 Å². The number of aromatic nitrogens is 2. The summed E-state index contributed by atoms with van der Waals surface area (Å²) in [6.07, 6.45) is 3.62. The summed E-state index contributed by atoms with van der Waals surface area (Å²) in [6, 6.07) is 13.7. The Labute approximate surface area is 152 Å². The molecule has 25 heavy (non-hydrogen) atoms. The first-order valence-electron chi connectivity index (χ1n) is 9.60. The van der Waals surface area contributed by atoms with Crippen molar-refractivity contribution < 1.29 is 0 Å². The van der Waals surface area contributed by atoms with Crippen molar-refractivity contribution >= 4 is 0 Å². The fourth-order valence-electron chi connectivity index (χ4n) is 3.79. The molecule has 0 unspecified atom stereocenters. The number of benzene rings is 1. The van der Waals surface area contributed by atoms with Crippen LogP contribution in [0.5, 0.6) is 0 Å². The summed E-state index contributed by atoms with van der Waals surface area (Å²) in [5, 5.41) is 7.71. The number of hydrogen-bond donors (Lipinski definition) is 1. The molecule has 1 N–H and O–H groups in total. The summed E-state index contributed by atoms with van der Waals surface area (Å²) >= 11 is 0. The van der Waals surface area contributed by atoms with Gasteiger partial charge in [-0.05, 0) is 50.4 Å². The summed E-state index contributed by atoms with van der Waals surface area (Å²) in [5.74, 6) is 0.655. The molecule has 4 heteroatoms. The van der Waals surface area contributed by atoms with Gasteiger partial charge in [0.1, 0.15) is 0 Å². The van der Waals surface area contributed by atoms with Crippen molar-refractivity contribution in [1.29, 1.82) is 0 Å². The first-order valence-corrected chi connectivity index (χ1v) is 9.60. The smallest absolute Gasteiger partial charge is 0.0628 e. The van der Waals surface area contributed by atoms with Crippen LogP contribution in [-0.2, 0) is 19.5 Å². The van der Waals surface area contributed by atoms with Crippen LogP contribution in [0.3, 0.4) is 0 Å². The SMILES string of the molecule is CC(C)Cc1cc(CN2CCC[C@H](N(C)Cc3ccccc3)C2)[nH]n1. The Morgan fingerprint density at radius 3 is 2.84 bits per heavy atom. The molecule has 136 valence electrons. The van der Waals surface area contributed by atoms with Crippen LogP contribution in [0.15, 0.2) is 36.4 Å². The Balaban J connectivity index is 1.53. The molecule has 4 nitrogen and oxygen atoms in total. The fraction of sp³-hybridized carbons (Fsp3) is 0.571. The molecule has 2 aromatic rings. The first-order chi connectivity index (χ1) is 12.1. The second-order valence-corrected chi connectivity index (χ2v) is 7.91. The minimum Gasteiger partial charge on any atom is -0.298 e. The summed E-state index contributed by atoms with van der Waals surface area (Å²) in [7, 11) is 2.26. The van der Waals surface area contributed by atoms with Crippen LogP contribution >= 0.6 is 0 Å². The number of nitrogens with zero attached hydrogens (tertiary/aromatic N) is 3. The molecule has 3 rings (SSSR count). The van der Waals surface area contributed by atoms with Crippen molar-refractivity contribution in [3.63, 3.8) is 0 Å². The molecular formula is C21H32N4. The lowest BCUT2D eigenvalue weighted by Crippen LogP contribution is -2.45. The zero-order valence-corrected chi connectivity index (χ0v) is 15.9. The van der Waals surface area contributed by atoms with Crippen molar-refractivity contribution in [3.05, 3.63) is 53.3 Å². The van der Waals surface area contributed by atoms with Crippen LogP contribution in [0.2, 0.25) is 0 Å². The zero-order chi connectivity index (χ0) is 17.6. The van der Waals surface area contributed by atoms with Crippen LogP contribution in [0, 0.1) is 5.92 Å². The number of likely N-dealkylation sites (tertiary alicyclic amines) is 1. The molecule has 1 atom stereocenters. The van der Waals surface area contributed by atoms with Gasteiger partial charge < -0.3 is 0 Å². The number of aromatic amines is 1. The fourth-order valence-corrected chi connectivity index (χ4v) is 3.79. The normalized spacial score (nSPS) is 19.0. The molecule has 2 heterocycles. The number of nitrogens with one attached hydrogen (secondary N) is 1. The van der Waals surface area contributed by atoms with Gasteiger partial charge in [0.2, 0.25) is 0 Å². The van der Waals surface area contributed by atoms with E-state index in [0.29, 0.717) is 12.0 Å². The lowest BCUT2D eigenvalue weighted by Gasteiger charge is -2.37. The van der Waals surface area contributed by atoms with Crippen LogP contribution < -0.4 is 0 Å². The van der Waals surface area contributed by atoms with Gasteiger partial charge in [-0.25, -0.2) is 0 Å². The van der Waals surface area contributed by atoms with E-state index in [0.717, 1.165) is 26.1 Å². The third-order valence-corrected chi connectivity index (χ3v) is 5.07. The van der Waals surface area contributed by atoms with Gasteiger partial charge in [0.25, 0.3) is 0 Å². The highest BCUT2D eigenvalue weighted by atomic mass is 15.2. The molecule has 1 aromatic carbocycles. The molecule has 0 bridgehead atoms. The van der Waals surface area contributed by atoms with E-state index in [1.165, 1.54) is 36.3 Å². The van der Waals surface area contributed by atoms with E-state index < -0.39 is 0 Å². The van der Waals surface area contributed by atoms with Gasteiger partial charge in [0, 0.05) is 31.4 Å². The first kappa shape index (κ1) is 18.2. The third kappa shape index (κ3) is 5.41. The van der Waals surface area contributed by atoms with Crippen molar-refractivity contribution in [1.82, 2.24) is 20.0 Å². The minimum atomic E-state index is 0.631. The molecular weight excluding hydrogens is 308 g/mol. The lowest BCUT2D eigenvalue weighted by molar-refractivity contribution is 0.106. The van der Waals surface area contributed by atoms with Gasteiger partial charge in [-0.2, -0.15) is 5.10 Å². The Bertz CT molecular complexity index is 634. The number of rotatable bonds is 7. The Morgan fingerprint density at radius 2 is 2.08 bits per heavy atom. The quantitative estimate of drug-likeness (QED) is 0.834. The number of H-pyrrole nitrogens is 1. The van der Waals surface area contributed by atoms with E-state index >= 15 is 0 Å². The molecule has 0 aliphatic carbocycles. The molecule has 1 saturated heterocycles. The van der Waals surface area contributed by atoms with E-state index in [4.69, 9.17) is 0 Å². The Morgan fingerprint density at radius 1 is 1.28 bits per heavy atom. The topological polar surface area (TPSA) is 35.2 Å². The maximum atomic E-state index is 4.47. The van der Waals surface area contributed by atoms with E-state index in [2.05, 4.69) is 77.3 Å². The average molecular weight is 341 g/mol. The third-order valence-electron chi connectivity index (χ3n) is 5.07. The summed E-state index contributed by atoms with van der Waals surface area (Å²) in [6.45, 7) is 8.83. The molecule has 0 amide bonds. The van der Waals surface area contributed by atoms with E-state index in [1.807, 2.05) is 0 Å². The van der Waals surface area contributed by atoms with Gasteiger partial charge in [-0.1, -0.05) is 44.2 Å².